The normalized spacial score (nSPS) is 13.4. The maximum Gasteiger partial charge on any atom is 0.158 e. The minimum Gasteiger partial charge on any atom is -0.383 e. The zero-order chi connectivity index (χ0) is 24.9. The molecular weight excluding hydrogens is 418 g/mol. The molecule has 0 aliphatic carbocycles. The Morgan fingerprint density at radius 2 is 1.79 bits per heavy atom. The van der Waals surface area contributed by atoms with Crippen molar-refractivity contribution in [1.29, 1.82) is 5.41 Å². The van der Waals surface area contributed by atoms with Crippen molar-refractivity contribution in [2.24, 2.45) is 20.7 Å². The first-order valence-electron chi connectivity index (χ1n) is 11.1. The minimum absolute atomic E-state index is 0.190. The zero-order valence-electron chi connectivity index (χ0n) is 20.4. The van der Waals surface area contributed by atoms with E-state index in [1.807, 2.05) is 81.5 Å². The van der Waals surface area contributed by atoms with Gasteiger partial charge in [0.05, 0.1) is 6.54 Å². The van der Waals surface area contributed by atoms with Crippen molar-refractivity contribution < 1.29 is 0 Å². The number of benzene rings is 2. The summed E-state index contributed by atoms with van der Waals surface area (Å²) in [5, 5.41) is 7.56. The lowest BCUT2D eigenvalue weighted by atomic mass is 9.95. The molecule has 0 saturated carbocycles. The molecule has 2 aromatic carbocycles. The van der Waals surface area contributed by atoms with Crippen LogP contribution in [0.15, 0.2) is 112 Å². The van der Waals surface area contributed by atoms with Gasteiger partial charge in [0.1, 0.15) is 11.7 Å². The number of aryl methyl sites for hydroxylation is 1. The number of nitrogens with two attached hydrogens (primary N) is 1. The predicted molar refractivity (Wildman–Crippen MR) is 148 cm³/mol. The Kier molecular flexibility index (Phi) is 10.3. The molecule has 0 fully saturated rings. The second kappa shape index (κ2) is 13.4. The molecule has 5 nitrogen and oxygen atoms in total. The van der Waals surface area contributed by atoms with Crippen LogP contribution in [-0.4, -0.2) is 30.3 Å². The monoisotopic (exact) mass is 451 g/mol. The summed E-state index contributed by atoms with van der Waals surface area (Å²) in [4.78, 5) is 13.6. The standard InChI is InChI=1S/C29H33N5/c1-6-8-10-14-21(3)19-33-29(34-28(31)24(7-2)20-32-23(5)30)27-22(4)15-13-18-26(27)25-16-11-9-12-17-25/h6-18,20,30H,3,19H2,1-2,4-5H3,(H2,31,33,34)/b8-6-,14-10-,24-7+,30-23?,32-20?. The predicted octanol–water partition coefficient (Wildman–Crippen LogP) is 6.47. The first kappa shape index (κ1) is 26.1. The SMILES string of the molecule is C=C(/C=C\C=C/C)CN=C(N=C(N)/C(C=NC(C)=N)=C/C)c1c(C)cccc1-c1ccccc1. The molecule has 0 unspecified atom stereocenters. The third-order valence-electron chi connectivity index (χ3n) is 4.88. The van der Waals surface area contributed by atoms with Crippen LogP contribution in [-0.2, 0) is 0 Å². The van der Waals surface area contributed by atoms with Gasteiger partial charge in [0, 0.05) is 17.4 Å². The Morgan fingerprint density at radius 1 is 1.06 bits per heavy atom. The fraction of sp³-hybridized carbons (Fsp3) is 0.172. The van der Waals surface area contributed by atoms with Crippen molar-refractivity contribution in [3.63, 3.8) is 0 Å². The molecule has 0 heterocycles. The van der Waals surface area contributed by atoms with E-state index in [1.54, 1.807) is 13.1 Å². The summed E-state index contributed by atoms with van der Waals surface area (Å²) in [6, 6.07) is 16.3. The Hall–Kier alpha value is -4.12. The Balaban J connectivity index is 2.64. The maximum absolute atomic E-state index is 7.56. The third kappa shape index (κ3) is 7.78. The molecule has 3 N–H and O–H groups in total. The summed E-state index contributed by atoms with van der Waals surface area (Å²) in [6.07, 6.45) is 11.1. The van der Waals surface area contributed by atoms with Gasteiger partial charge >= 0.3 is 0 Å². The van der Waals surface area contributed by atoms with Crippen LogP contribution in [0.25, 0.3) is 11.1 Å². The van der Waals surface area contributed by atoms with Gasteiger partial charge in [-0.3, -0.25) is 10.4 Å². The number of aliphatic imine (C=N–C) groups is 3. The van der Waals surface area contributed by atoms with Crippen molar-refractivity contribution in [2.75, 3.05) is 6.54 Å². The van der Waals surface area contributed by atoms with Crippen molar-refractivity contribution in [2.45, 2.75) is 27.7 Å². The highest BCUT2D eigenvalue weighted by molar-refractivity contribution is 6.21. The molecule has 2 rings (SSSR count). The molecule has 0 atom stereocenters. The fourth-order valence-electron chi connectivity index (χ4n) is 3.16. The highest BCUT2D eigenvalue weighted by Crippen LogP contribution is 2.27. The molecule has 2 aromatic rings. The first-order chi connectivity index (χ1) is 16.4. The minimum atomic E-state index is 0.190. The van der Waals surface area contributed by atoms with E-state index in [-0.39, 0.29) is 11.7 Å². The smallest absolute Gasteiger partial charge is 0.158 e. The van der Waals surface area contributed by atoms with E-state index in [2.05, 4.69) is 29.8 Å². The number of nitrogens with zero attached hydrogens (tertiary/aromatic N) is 3. The van der Waals surface area contributed by atoms with Gasteiger partial charge < -0.3 is 5.73 Å². The molecule has 174 valence electrons. The quantitative estimate of drug-likeness (QED) is 0.269. The molecule has 34 heavy (non-hydrogen) atoms. The highest BCUT2D eigenvalue weighted by Gasteiger charge is 2.15. The van der Waals surface area contributed by atoms with Crippen LogP contribution in [0.4, 0.5) is 0 Å². The number of allylic oxidation sites excluding steroid dienone is 4. The van der Waals surface area contributed by atoms with Crippen molar-refractivity contribution in [3.05, 3.63) is 108 Å². The van der Waals surface area contributed by atoms with Crippen LogP contribution >= 0.6 is 0 Å². The summed E-state index contributed by atoms with van der Waals surface area (Å²) in [7, 11) is 0. The van der Waals surface area contributed by atoms with Crippen molar-refractivity contribution in [3.8, 4) is 11.1 Å². The number of hydrogen-bond donors (Lipinski definition) is 2. The van der Waals surface area contributed by atoms with Crippen LogP contribution < -0.4 is 5.73 Å². The molecule has 5 heteroatoms. The average molecular weight is 452 g/mol. The molecule has 0 spiro atoms. The van der Waals surface area contributed by atoms with Crippen LogP contribution in [0.3, 0.4) is 0 Å². The highest BCUT2D eigenvalue weighted by atomic mass is 15.0. The summed E-state index contributed by atoms with van der Waals surface area (Å²) < 4.78 is 0. The summed E-state index contributed by atoms with van der Waals surface area (Å²) in [5.74, 6) is 0.994. The zero-order valence-corrected chi connectivity index (χ0v) is 20.4. The Morgan fingerprint density at radius 3 is 2.44 bits per heavy atom. The van der Waals surface area contributed by atoms with E-state index in [9.17, 15) is 0 Å². The van der Waals surface area contributed by atoms with Gasteiger partial charge in [-0.1, -0.05) is 85.5 Å². The second-order valence-corrected chi connectivity index (χ2v) is 7.63. The van der Waals surface area contributed by atoms with Gasteiger partial charge in [-0.25, -0.2) is 9.98 Å². The molecular formula is C29H33N5. The van der Waals surface area contributed by atoms with Gasteiger partial charge in [-0.2, -0.15) is 0 Å². The topological polar surface area (TPSA) is 86.9 Å². The van der Waals surface area contributed by atoms with Crippen molar-refractivity contribution >= 4 is 23.7 Å². The van der Waals surface area contributed by atoms with E-state index < -0.39 is 0 Å². The van der Waals surface area contributed by atoms with Gasteiger partial charge in [-0.05, 0) is 50.0 Å². The average Bonchev–Trinajstić information content (AvgIpc) is 2.82. The molecule has 0 aliphatic rings. The maximum atomic E-state index is 7.56. The Bertz CT molecular complexity index is 1190. The van der Waals surface area contributed by atoms with Crippen LogP contribution in [0.5, 0.6) is 0 Å². The second-order valence-electron chi connectivity index (χ2n) is 7.63. The Labute approximate surface area is 203 Å². The molecule has 0 aromatic heterocycles. The fourth-order valence-corrected chi connectivity index (χ4v) is 3.16. The van der Waals surface area contributed by atoms with Crippen molar-refractivity contribution in [1.82, 2.24) is 0 Å². The molecule has 0 saturated heterocycles. The van der Waals surface area contributed by atoms with Crippen LogP contribution in [0, 0.1) is 12.3 Å². The first-order valence-corrected chi connectivity index (χ1v) is 11.1. The van der Waals surface area contributed by atoms with E-state index >= 15 is 0 Å². The number of hydrogen-bond acceptors (Lipinski definition) is 2. The van der Waals surface area contributed by atoms with E-state index in [0.29, 0.717) is 18.0 Å². The number of nitrogens with one attached hydrogen (secondary N) is 1. The lowest BCUT2D eigenvalue weighted by Crippen LogP contribution is -2.19. The van der Waals surface area contributed by atoms with Gasteiger partial charge in [0.2, 0.25) is 0 Å². The lowest BCUT2D eigenvalue weighted by molar-refractivity contribution is 1.17. The van der Waals surface area contributed by atoms with Gasteiger partial charge in [0.25, 0.3) is 0 Å². The molecule has 0 aliphatic heterocycles. The number of amidine groups is 3. The summed E-state index contributed by atoms with van der Waals surface area (Å²) in [6.45, 7) is 12.0. The molecule has 0 radical (unpaired) electrons. The van der Waals surface area contributed by atoms with E-state index in [0.717, 1.165) is 27.8 Å². The lowest BCUT2D eigenvalue weighted by Gasteiger charge is -2.14. The van der Waals surface area contributed by atoms with E-state index in [1.165, 1.54) is 0 Å². The van der Waals surface area contributed by atoms with Gasteiger partial charge in [0.15, 0.2) is 5.84 Å². The van der Waals surface area contributed by atoms with Gasteiger partial charge in [-0.15, -0.1) is 0 Å². The number of rotatable bonds is 8. The van der Waals surface area contributed by atoms with Crippen LogP contribution in [0.2, 0.25) is 0 Å². The summed E-state index contributed by atoms with van der Waals surface area (Å²) >= 11 is 0. The third-order valence-corrected chi connectivity index (χ3v) is 4.88. The molecule has 0 bridgehead atoms. The summed E-state index contributed by atoms with van der Waals surface area (Å²) in [5.41, 5.74) is 11.9. The largest absolute Gasteiger partial charge is 0.383 e. The van der Waals surface area contributed by atoms with E-state index in [4.69, 9.17) is 21.1 Å². The molecule has 0 amide bonds. The van der Waals surface area contributed by atoms with Crippen LogP contribution in [0.1, 0.15) is 31.9 Å².